The van der Waals surface area contributed by atoms with Gasteiger partial charge in [-0.05, 0) is 12.1 Å². The van der Waals surface area contributed by atoms with Gasteiger partial charge in [0.05, 0.1) is 12.2 Å². The minimum atomic E-state index is -4.47. The number of carbonyl (C=O) groups excluding carboxylic acids is 1. The molecular formula is C12H15F3N2O. The van der Waals surface area contributed by atoms with E-state index in [1.54, 1.807) is 20.8 Å². The van der Waals surface area contributed by atoms with Crippen LogP contribution in [0.15, 0.2) is 18.2 Å². The first-order valence-corrected chi connectivity index (χ1v) is 5.42. The van der Waals surface area contributed by atoms with Crippen LogP contribution >= 0.6 is 0 Å². The lowest BCUT2D eigenvalue weighted by molar-refractivity contribution is -0.141. The fourth-order valence-electron chi connectivity index (χ4n) is 1.17. The zero-order chi connectivity index (χ0) is 14.0. The SMILES string of the molecule is CC(C)(C)C(=O)NCc1cccc(C(F)(F)F)n1. The fourth-order valence-corrected chi connectivity index (χ4v) is 1.17. The van der Waals surface area contributed by atoms with Crippen molar-refractivity contribution < 1.29 is 18.0 Å². The first-order chi connectivity index (χ1) is 8.10. The summed E-state index contributed by atoms with van der Waals surface area (Å²) in [6, 6.07) is 3.61. The number of rotatable bonds is 2. The molecule has 0 aliphatic carbocycles. The van der Waals surface area contributed by atoms with Crippen molar-refractivity contribution in [3.05, 3.63) is 29.6 Å². The molecule has 0 bridgehead atoms. The van der Waals surface area contributed by atoms with E-state index in [0.717, 1.165) is 6.07 Å². The topological polar surface area (TPSA) is 42.0 Å². The number of alkyl halides is 3. The molecule has 0 atom stereocenters. The van der Waals surface area contributed by atoms with E-state index in [0.29, 0.717) is 0 Å². The number of hydrogen-bond acceptors (Lipinski definition) is 2. The summed E-state index contributed by atoms with van der Waals surface area (Å²) < 4.78 is 37.2. The molecule has 0 unspecified atom stereocenters. The monoisotopic (exact) mass is 260 g/mol. The molecule has 0 fully saturated rings. The lowest BCUT2D eigenvalue weighted by Gasteiger charge is -2.17. The van der Waals surface area contributed by atoms with Gasteiger partial charge in [0, 0.05) is 5.41 Å². The van der Waals surface area contributed by atoms with Gasteiger partial charge in [-0.3, -0.25) is 4.79 Å². The van der Waals surface area contributed by atoms with Crippen molar-refractivity contribution in [2.24, 2.45) is 5.41 Å². The number of nitrogens with one attached hydrogen (secondary N) is 1. The number of halogens is 3. The second kappa shape index (κ2) is 4.96. The molecule has 0 radical (unpaired) electrons. The van der Waals surface area contributed by atoms with E-state index < -0.39 is 17.3 Å². The molecule has 1 amide bonds. The zero-order valence-corrected chi connectivity index (χ0v) is 10.4. The van der Waals surface area contributed by atoms with Gasteiger partial charge >= 0.3 is 6.18 Å². The summed E-state index contributed by atoms with van der Waals surface area (Å²) in [5, 5.41) is 2.55. The highest BCUT2D eigenvalue weighted by atomic mass is 19.4. The van der Waals surface area contributed by atoms with Gasteiger partial charge in [-0.25, -0.2) is 4.98 Å². The Morgan fingerprint density at radius 1 is 1.28 bits per heavy atom. The Labute approximate surface area is 103 Å². The normalized spacial score (nSPS) is 12.3. The highest BCUT2D eigenvalue weighted by Crippen LogP contribution is 2.27. The molecule has 0 aliphatic heterocycles. The number of nitrogens with zero attached hydrogens (tertiary/aromatic N) is 1. The predicted molar refractivity (Wildman–Crippen MR) is 60.5 cm³/mol. The molecule has 3 nitrogen and oxygen atoms in total. The average Bonchev–Trinajstić information content (AvgIpc) is 2.23. The Morgan fingerprint density at radius 3 is 2.39 bits per heavy atom. The fraction of sp³-hybridized carbons (Fsp3) is 0.500. The van der Waals surface area contributed by atoms with Gasteiger partial charge in [0.25, 0.3) is 0 Å². The summed E-state index contributed by atoms with van der Waals surface area (Å²) in [6.45, 7) is 5.16. The Bertz CT molecular complexity index is 436. The molecule has 100 valence electrons. The molecule has 1 aromatic rings. The lowest BCUT2D eigenvalue weighted by atomic mass is 9.96. The Balaban J connectivity index is 2.73. The second-order valence-corrected chi connectivity index (χ2v) is 4.94. The van der Waals surface area contributed by atoms with Gasteiger partial charge in [-0.15, -0.1) is 0 Å². The second-order valence-electron chi connectivity index (χ2n) is 4.94. The molecule has 1 heterocycles. The molecule has 1 aromatic heterocycles. The van der Waals surface area contributed by atoms with Crippen LogP contribution in [0.1, 0.15) is 32.2 Å². The minimum Gasteiger partial charge on any atom is -0.350 e. The summed E-state index contributed by atoms with van der Waals surface area (Å²) in [7, 11) is 0. The smallest absolute Gasteiger partial charge is 0.350 e. The van der Waals surface area contributed by atoms with Gasteiger partial charge in [-0.2, -0.15) is 13.2 Å². The van der Waals surface area contributed by atoms with E-state index in [1.165, 1.54) is 12.1 Å². The van der Waals surface area contributed by atoms with Gasteiger partial charge in [0.1, 0.15) is 5.69 Å². The van der Waals surface area contributed by atoms with Crippen LogP contribution < -0.4 is 5.32 Å². The largest absolute Gasteiger partial charge is 0.433 e. The number of hydrogen-bond donors (Lipinski definition) is 1. The highest BCUT2D eigenvalue weighted by Gasteiger charge is 2.32. The summed E-state index contributed by atoms with van der Waals surface area (Å²) in [4.78, 5) is 15.0. The van der Waals surface area contributed by atoms with Crippen LogP contribution in [0.3, 0.4) is 0 Å². The van der Waals surface area contributed by atoms with E-state index in [9.17, 15) is 18.0 Å². The summed E-state index contributed by atoms with van der Waals surface area (Å²) in [6.07, 6.45) is -4.47. The Hall–Kier alpha value is -1.59. The van der Waals surface area contributed by atoms with Crippen LogP contribution in [0, 0.1) is 5.41 Å². The lowest BCUT2D eigenvalue weighted by Crippen LogP contribution is -2.34. The molecule has 6 heteroatoms. The third-order valence-electron chi connectivity index (χ3n) is 2.21. The van der Waals surface area contributed by atoms with Crippen molar-refractivity contribution in [3.8, 4) is 0 Å². The van der Waals surface area contributed by atoms with Crippen LogP contribution in [0.5, 0.6) is 0 Å². The molecule has 18 heavy (non-hydrogen) atoms. The van der Waals surface area contributed by atoms with Crippen molar-refractivity contribution >= 4 is 5.91 Å². The van der Waals surface area contributed by atoms with Crippen LogP contribution in [0.25, 0.3) is 0 Å². The first-order valence-electron chi connectivity index (χ1n) is 5.42. The number of pyridine rings is 1. The molecule has 1 rings (SSSR count). The van der Waals surface area contributed by atoms with Crippen molar-refractivity contribution in [2.45, 2.75) is 33.5 Å². The highest BCUT2D eigenvalue weighted by molar-refractivity contribution is 5.81. The van der Waals surface area contributed by atoms with Crippen LogP contribution in [-0.4, -0.2) is 10.9 Å². The summed E-state index contributed by atoms with van der Waals surface area (Å²) in [5.41, 5.74) is -1.35. The maximum Gasteiger partial charge on any atom is 0.433 e. The summed E-state index contributed by atoms with van der Waals surface area (Å²) >= 11 is 0. The Morgan fingerprint density at radius 2 is 1.89 bits per heavy atom. The maximum absolute atomic E-state index is 12.4. The van der Waals surface area contributed by atoms with E-state index in [2.05, 4.69) is 10.3 Å². The predicted octanol–water partition coefficient (Wildman–Crippen LogP) is 2.76. The van der Waals surface area contributed by atoms with Crippen molar-refractivity contribution in [3.63, 3.8) is 0 Å². The van der Waals surface area contributed by atoms with Gasteiger partial charge in [0.15, 0.2) is 0 Å². The molecule has 0 saturated carbocycles. The van der Waals surface area contributed by atoms with E-state index in [-0.39, 0.29) is 18.1 Å². The third kappa shape index (κ3) is 4.01. The third-order valence-corrected chi connectivity index (χ3v) is 2.21. The summed E-state index contributed by atoms with van der Waals surface area (Å²) in [5.74, 6) is -0.235. The molecule has 0 aromatic carbocycles. The quantitative estimate of drug-likeness (QED) is 0.888. The van der Waals surface area contributed by atoms with E-state index >= 15 is 0 Å². The van der Waals surface area contributed by atoms with Gasteiger partial charge in [-0.1, -0.05) is 26.8 Å². The van der Waals surface area contributed by atoms with E-state index in [4.69, 9.17) is 0 Å². The molecule has 0 spiro atoms. The zero-order valence-electron chi connectivity index (χ0n) is 10.4. The van der Waals surface area contributed by atoms with Gasteiger partial charge in [0.2, 0.25) is 5.91 Å². The van der Waals surface area contributed by atoms with Gasteiger partial charge < -0.3 is 5.32 Å². The van der Waals surface area contributed by atoms with Crippen LogP contribution in [-0.2, 0) is 17.5 Å². The molecule has 0 saturated heterocycles. The Kier molecular flexibility index (Phi) is 3.98. The molecular weight excluding hydrogens is 245 g/mol. The number of amides is 1. The van der Waals surface area contributed by atoms with E-state index in [1.807, 2.05) is 0 Å². The van der Waals surface area contributed by atoms with Crippen LogP contribution in [0.2, 0.25) is 0 Å². The number of aromatic nitrogens is 1. The maximum atomic E-state index is 12.4. The van der Waals surface area contributed by atoms with Crippen molar-refractivity contribution in [1.82, 2.24) is 10.3 Å². The van der Waals surface area contributed by atoms with Crippen molar-refractivity contribution in [1.29, 1.82) is 0 Å². The van der Waals surface area contributed by atoms with Crippen LogP contribution in [0.4, 0.5) is 13.2 Å². The minimum absolute atomic E-state index is 0.0139. The van der Waals surface area contributed by atoms with Crippen molar-refractivity contribution in [2.75, 3.05) is 0 Å². The average molecular weight is 260 g/mol. The standard InChI is InChI=1S/C12H15F3N2O/c1-11(2,3)10(18)16-7-8-5-4-6-9(17-8)12(13,14)15/h4-6H,7H2,1-3H3,(H,16,18). The molecule has 0 aliphatic rings. The number of carbonyl (C=O) groups is 1. The molecule has 1 N–H and O–H groups in total. The first kappa shape index (κ1) is 14.5.